The number of nitrogens with one attached hydrogen (secondary N) is 2. The van der Waals surface area contributed by atoms with Crippen molar-refractivity contribution in [3.8, 4) is 5.88 Å². The van der Waals surface area contributed by atoms with Gasteiger partial charge >= 0.3 is 0 Å². The highest BCUT2D eigenvalue weighted by molar-refractivity contribution is 14.0. The summed E-state index contributed by atoms with van der Waals surface area (Å²) in [6.07, 6.45) is 5.48. The van der Waals surface area contributed by atoms with E-state index >= 15 is 0 Å². The van der Waals surface area contributed by atoms with E-state index in [1.807, 2.05) is 18.3 Å². The summed E-state index contributed by atoms with van der Waals surface area (Å²) in [5.74, 6) is 2.23. The highest BCUT2D eigenvalue weighted by Crippen LogP contribution is 2.08. The van der Waals surface area contributed by atoms with Crippen LogP contribution in [0.25, 0.3) is 0 Å². The number of pyridine rings is 1. The summed E-state index contributed by atoms with van der Waals surface area (Å²) >= 11 is 0. The van der Waals surface area contributed by atoms with E-state index in [1.165, 1.54) is 12.8 Å². The van der Waals surface area contributed by atoms with Crippen LogP contribution in [0.5, 0.6) is 5.88 Å². The Morgan fingerprint density at radius 2 is 2.00 bits per heavy atom. The van der Waals surface area contributed by atoms with Gasteiger partial charge in [-0.3, -0.25) is 4.99 Å². The van der Waals surface area contributed by atoms with Gasteiger partial charge in [0.15, 0.2) is 5.96 Å². The van der Waals surface area contributed by atoms with Gasteiger partial charge in [-0.15, -0.1) is 24.0 Å². The zero-order valence-corrected chi connectivity index (χ0v) is 17.3. The molecule has 0 bridgehead atoms. The van der Waals surface area contributed by atoms with Crippen molar-refractivity contribution in [3.05, 3.63) is 23.9 Å². The molecule has 132 valence electrons. The largest absolute Gasteiger partial charge is 0.481 e. The lowest BCUT2D eigenvalue weighted by molar-refractivity contribution is 0.397. The van der Waals surface area contributed by atoms with Crippen LogP contribution in [0.3, 0.4) is 0 Å². The number of hydrogen-bond acceptors (Lipinski definition) is 3. The van der Waals surface area contributed by atoms with Crippen molar-refractivity contribution in [3.63, 3.8) is 0 Å². The zero-order valence-electron chi connectivity index (χ0n) is 14.9. The van der Waals surface area contributed by atoms with E-state index in [2.05, 4.69) is 41.4 Å². The number of aliphatic imine (C=N–C) groups is 1. The molecule has 1 aromatic rings. The van der Waals surface area contributed by atoms with Gasteiger partial charge in [0.2, 0.25) is 5.88 Å². The molecular weight excluding hydrogens is 403 g/mol. The number of methoxy groups -OCH3 is 1. The molecule has 5 nitrogen and oxygen atoms in total. The molecule has 1 atom stereocenters. The topological polar surface area (TPSA) is 58.5 Å². The van der Waals surface area contributed by atoms with Crippen LogP contribution < -0.4 is 15.4 Å². The molecule has 0 radical (unpaired) electrons. The van der Waals surface area contributed by atoms with Crippen LogP contribution in [0, 0.1) is 5.92 Å². The lowest BCUT2D eigenvalue weighted by atomic mass is 10.0. The first kappa shape index (κ1) is 21.9. The van der Waals surface area contributed by atoms with E-state index in [9.17, 15) is 0 Å². The minimum absolute atomic E-state index is 0. The first-order valence-electron chi connectivity index (χ1n) is 8.01. The predicted molar refractivity (Wildman–Crippen MR) is 108 cm³/mol. The van der Waals surface area contributed by atoms with E-state index in [-0.39, 0.29) is 24.0 Å². The maximum Gasteiger partial charge on any atom is 0.212 e. The third kappa shape index (κ3) is 9.63. The number of rotatable bonds is 8. The molecular formula is C17H31IN4O. The van der Waals surface area contributed by atoms with E-state index in [1.54, 1.807) is 14.2 Å². The molecule has 2 N–H and O–H groups in total. The highest BCUT2D eigenvalue weighted by atomic mass is 127. The molecule has 1 aromatic heterocycles. The Morgan fingerprint density at radius 3 is 2.52 bits per heavy atom. The quantitative estimate of drug-likeness (QED) is 0.373. The second kappa shape index (κ2) is 12.4. The number of nitrogens with zero attached hydrogens (tertiary/aromatic N) is 2. The Bertz CT molecular complexity index is 448. The summed E-state index contributed by atoms with van der Waals surface area (Å²) < 4.78 is 5.06. The number of halogens is 1. The van der Waals surface area contributed by atoms with E-state index in [0.717, 1.165) is 23.9 Å². The Morgan fingerprint density at radius 1 is 1.26 bits per heavy atom. The monoisotopic (exact) mass is 434 g/mol. The minimum Gasteiger partial charge on any atom is -0.481 e. The molecule has 0 aliphatic heterocycles. The van der Waals surface area contributed by atoms with Crippen molar-refractivity contribution in [2.45, 2.75) is 52.6 Å². The lowest BCUT2D eigenvalue weighted by Gasteiger charge is -2.18. The summed E-state index contributed by atoms with van der Waals surface area (Å²) in [5.41, 5.74) is 1.09. The SMILES string of the molecule is CN=C(NCc1ccc(OC)nc1)NC(C)CCCC(C)C.I. The predicted octanol–water partition coefficient (Wildman–Crippen LogP) is 3.59. The van der Waals surface area contributed by atoms with Crippen molar-refractivity contribution < 1.29 is 4.74 Å². The molecule has 1 heterocycles. The molecule has 0 saturated carbocycles. The van der Waals surface area contributed by atoms with E-state index in [4.69, 9.17) is 4.74 Å². The Labute approximate surface area is 157 Å². The molecule has 0 fully saturated rings. The maximum absolute atomic E-state index is 5.06. The van der Waals surface area contributed by atoms with Gasteiger partial charge in [-0.1, -0.05) is 32.8 Å². The number of aromatic nitrogens is 1. The standard InChI is InChI=1S/C17H30N4O.HI/c1-13(2)7-6-8-14(3)21-17(18-4)20-12-15-9-10-16(22-5)19-11-15;/h9-11,13-14H,6-8,12H2,1-5H3,(H2,18,20,21);1H. The third-order valence-electron chi connectivity index (χ3n) is 3.49. The minimum atomic E-state index is 0. The second-order valence-electron chi connectivity index (χ2n) is 6.00. The van der Waals surface area contributed by atoms with Crippen molar-refractivity contribution >= 4 is 29.9 Å². The molecule has 0 spiro atoms. The van der Waals surface area contributed by atoms with E-state index in [0.29, 0.717) is 18.5 Å². The van der Waals surface area contributed by atoms with Gasteiger partial charge in [0.05, 0.1) is 7.11 Å². The van der Waals surface area contributed by atoms with Gasteiger partial charge in [-0.2, -0.15) is 0 Å². The summed E-state index contributed by atoms with van der Waals surface area (Å²) in [6.45, 7) is 7.42. The Hall–Kier alpha value is -1.05. The first-order valence-corrected chi connectivity index (χ1v) is 8.01. The number of ether oxygens (including phenoxy) is 1. The summed E-state index contributed by atoms with van der Waals surface area (Å²) in [4.78, 5) is 8.47. The molecule has 0 aromatic carbocycles. The highest BCUT2D eigenvalue weighted by Gasteiger charge is 2.06. The normalized spacial score (nSPS) is 12.5. The second-order valence-corrected chi connectivity index (χ2v) is 6.00. The van der Waals surface area contributed by atoms with Gasteiger partial charge in [0, 0.05) is 31.9 Å². The van der Waals surface area contributed by atoms with Gasteiger partial charge in [0.1, 0.15) is 0 Å². The zero-order chi connectivity index (χ0) is 16.4. The number of guanidine groups is 1. The fraction of sp³-hybridized carbons (Fsp3) is 0.647. The third-order valence-corrected chi connectivity index (χ3v) is 3.49. The Balaban J connectivity index is 0.00000484. The smallest absolute Gasteiger partial charge is 0.212 e. The lowest BCUT2D eigenvalue weighted by Crippen LogP contribution is -2.41. The van der Waals surface area contributed by atoms with E-state index < -0.39 is 0 Å². The summed E-state index contributed by atoms with van der Waals surface area (Å²) in [7, 11) is 3.41. The average Bonchev–Trinajstić information content (AvgIpc) is 2.51. The molecule has 23 heavy (non-hydrogen) atoms. The van der Waals surface area contributed by atoms with Gasteiger partial charge < -0.3 is 15.4 Å². The molecule has 0 aliphatic rings. The molecule has 1 rings (SSSR count). The van der Waals surface area contributed by atoms with Gasteiger partial charge in [0.25, 0.3) is 0 Å². The maximum atomic E-state index is 5.06. The van der Waals surface area contributed by atoms with Crippen molar-refractivity contribution in [2.24, 2.45) is 10.9 Å². The molecule has 0 saturated heterocycles. The van der Waals surface area contributed by atoms with Crippen LogP contribution in [0.15, 0.2) is 23.3 Å². The fourth-order valence-corrected chi connectivity index (χ4v) is 2.15. The molecule has 0 aliphatic carbocycles. The Kier molecular flexibility index (Phi) is 11.8. The number of hydrogen-bond donors (Lipinski definition) is 2. The summed E-state index contributed by atoms with van der Waals surface area (Å²) in [6, 6.07) is 4.28. The first-order chi connectivity index (χ1) is 10.5. The van der Waals surface area contributed by atoms with Crippen molar-refractivity contribution in [2.75, 3.05) is 14.2 Å². The fourth-order valence-electron chi connectivity index (χ4n) is 2.15. The molecule has 0 amide bonds. The van der Waals surface area contributed by atoms with Gasteiger partial charge in [-0.25, -0.2) is 4.98 Å². The van der Waals surface area contributed by atoms with Gasteiger partial charge in [-0.05, 0) is 24.8 Å². The van der Waals surface area contributed by atoms with Crippen molar-refractivity contribution in [1.82, 2.24) is 15.6 Å². The average molecular weight is 434 g/mol. The molecule has 6 heteroatoms. The van der Waals surface area contributed by atoms with Crippen LogP contribution in [0.1, 0.15) is 45.6 Å². The van der Waals surface area contributed by atoms with Crippen LogP contribution in [-0.4, -0.2) is 31.1 Å². The van der Waals surface area contributed by atoms with Crippen molar-refractivity contribution in [1.29, 1.82) is 0 Å². The molecule has 1 unspecified atom stereocenters. The van der Waals surface area contributed by atoms with Crippen LogP contribution in [-0.2, 0) is 6.54 Å². The van der Waals surface area contributed by atoms with Crippen LogP contribution in [0.2, 0.25) is 0 Å². The van der Waals surface area contributed by atoms with Crippen LogP contribution in [0.4, 0.5) is 0 Å². The summed E-state index contributed by atoms with van der Waals surface area (Å²) in [5, 5.41) is 6.74. The van der Waals surface area contributed by atoms with Crippen LogP contribution >= 0.6 is 24.0 Å².